The van der Waals surface area contributed by atoms with Crippen LogP contribution in [0.5, 0.6) is 5.75 Å². The zero-order valence-electron chi connectivity index (χ0n) is 20.2. The summed E-state index contributed by atoms with van der Waals surface area (Å²) < 4.78 is 34.3. The van der Waals surface area contributed by atoms with Crippen LogP contribution in [0.3, 0.4) is 0 Å². The zero-order valence-corrected chi connectivity index (χ0v) is 22.6. The van der Waals surface area contributed by atoms with Gasteiger partial charge in [-0.05, 0) is 67.9 Å². The van der Waals surface area contributed by atoms with Gasteiger partial charge < -0.3 is 15.4 Å². The van der Waals surface area contributed by atoms with Gasteiger partial charge in [-0.2, -0.15) is 0 Å². The number of carbonyl (C=O) groups is 1. The summed E-state index contributed by atoms with van der Waals surface area (Å²) in [7, 11) is -2.50. The Morgan fingerprint density at radius 1 is 1.06 bits per heavy atom. The summed E-state index contributed by atoms with van der Waals surface area (Å²) in [6, 6.07) is 19.2. The maximum atomic E-state index is 13.3. The normalized spacial score (nSPS) is 11.1. The Balaban J connectivity index is 1.84. The second-order valence-electron chi connectivity index (χ2n) is 8.28. The van der Waals surface area contributed by atoms with Crippen molar-refractivity contribution in [2.75, 3.05) is 13.7 Å². The van der Waals surface area contributed by atoms with Crippen LogP contribution in [0.25, 0.3) is 11.1 Å². The molecule has 0 bridgehead atoms. The number of thiocarbonyl (C=S) groups is 1. The standard InChI is InChI=1S/C26H28ClN3O4S2/c1-17(2)29-26(35)30-36(32,33)24-15-18(9-11-21(24)19-7-5-4-6-8-19)13-14-28-25(31)22-16-20(27)10-12-23(22)34-3/h4-12,15-17H,13-14H2,1-3H3,(H,28,31)(H2,29,30,35). The Morgan fingerprint density at radius 3 is 2.44 bits per heavy atom. The van der Waals surface area contributed by atoms with Crippen molar-refractivity contribution in [2.24, 2.45) is 0 Å². The molecule has 3 N–H and O–H groups in total. The first kappa shape index (κ1) is 27.4. The van der Waals surface area contributed by atoms with Gasteiger partial charge in [-0.3, -0.25) is 9.52 Å². The number of ether oxygens (including phenoxy) is 1. The maximum absolute atomic E-state index is 13.3. The maximum Gasteiger partial charge on any atom is 0.264 e. The number of hydrogen-bond acceptors (Lipinski definition) is 5. The third-order valence-electron chi connectivity index (χ3n) is 5.17. The van der Waals surface area contributed by atoms with Crippen LogP contribution in [-0.2, 0) is 16.4 Å². The summed E-state index contributed by atoms with van der Waals surface area (Å²) in [6.45, 7) is 4.01. The topological polar surface area (TPSA) is 96.5 Å². The first-order valence-corrected chi connectivity index (χ1v) is 13.5. The van der Waals surface area contributed by atoms with E-state index in [0.717, 1.165) is 11.1 Å². The number of methoxy groups -OCH3 is 1. The molecule has 7 nitrogen and oxygen atoms in total. The van der Waals surface area contributed by atoms with Gasteiger partial charge in [0.15, 0.2) is 5.11 Å². The van der Waals surface area contributed by atoms with Crippen LogP contribution in [0.2, 0.25) is 5.02 Å². The number of nitrogens with one attached hydrogen (secondary N) is 3. The molecule has 0 fully saturated rings. The molecule has 36 heavy (non-hydrogen) atoms. The van der Waals surface area contributed by atoms with Crippen LogP contribution in [0.1, 0.15) is 29.8 Å². The summed E-state index contributed by atoms with van der Waals surface area (Å²) in [5.41, 5.74) is 2.36. The molecule has 190 valence electrons. The Morgan fingerprint density at radius 2 is 1.78 bits per heavy atom. The third-order valence-corrected chi connectivity index (χ3v) is 7.15. The minimum absolute atomic E-state index is 0.0251. The lowest BCUT2D eigenvalue weighted by molar-refractivity contribution is 0.0951. The van der Waals surface area contributed by atoms with Gasteiger partial charge in [0.05, 0.1) is 17.6 Å². The Bertz CT molecular complexity index is 1350. The molecule has 0 aromatic heterocycles. The monoisotopic (exact) mass is 545 g/mol. The number of halogens is 1. The third kappa shape index (κ3) is 7.19. The van der Waals surface area contributed by atoms with Crippen LogP contribution in [-0.4, -0.2) is 39.1 Å². The predicted molar refractivity (Wildman–Crippen MR) is 147 cm³/mol. The first-order valence-electron chi connectivity index (χ1n) is 11.2. The Hall–Kier alpha value is -3.14. The fourth-order valence-electron chi connectivity index (χ4n) is 3.54. The summed E-state index contributed by atoms with van der Waals surface area (Å²) >= 11 is 11.2. The van der Waals surface area contributed by atoms with Crippen molar-refractivity contribution in [1.29, 1.82) is 0 Å². The number of sulfonamides is 1. The lowest BCUT2D eigenvalue weighted by Gasteiger charge is -2.17. The van der Waals surface area contributed by atoms with Gasteiger partial charge in [-0.15, -0.1) is 0 Å². The highest BCUT2D eigenvalue weighted by molar-refractivity contribution is 7.92. The molecule has 3 aromatic carbocycles. The quantitative estimate of drug-likeness (QED) is 0.341. The average Bonchev–Trinajstić information content (AvgIpc) is 2.83. The molecule has 0 spiro atoms. The van der Waals surface area contributed by atoms with Gasteiger partial charge in [0, 0.05) is 23.2 Å². The van der Waals surface area contributed by atoms with Crippen molar-refractivity contribution in [3.05, 3.63) is 82.9 Å². The first-order chi connectivity index (χ1) is 17.1. The van der Waals surface area contributed by atoms with E-state index in [0.29, 0.717) is 28.3 Å². The molecule has 10 heteroatoms. The van der Waals surface area contributed by atoms with Crippen molar-refractivity contribution < 1.29 is 17.9 Å². The molecule has 0 saturated carbocycles. The number of rotatable bonds is 9. The molecule has 3 rings (SSSR count). The van der Waals surface area contributed by atoms with Crippen LogP contribution in [0.15, 0.2) is 71.6 Å². The van der Waals surface area contributed by atoms with Crippen molar-refractivity contribution in [3.8, 4) is 16.9 Å². The molecule has 0 radical (unpaired) electrons. The Kier molecular flexibility index (Phi) is 9.31. The second kappa shape index (κ2) is 12.2. The summed E-state index contributed by atoms with van der Waals surface area (Å²) in [4.78, 5) is 12.8. The molecular weight excluding hydrogens is 518 g/mol. The molecule has 0 aliphatic heterocycles. The molecule has 0 heterocycles. The molecule has 0 aliphatic rings. The summed E-state index contributed by atoms with van der Waals surface area (Å²) in [5, 5.41) is 6.17. The zero-order chi connectivity index (χ0) is 26.3. The van der Waals surface area contributed by atoms with E-state index < -0.39 is 10.0 Å². The van der Waals surface area contributed by atoms with E-state index in [1.54, 1.807) is 24.3 Å². The highest BCUT2D eigenvalue weighted by atomic mass is 35.5. The average molecular weight is 546 g/mol. The van der Waals surface area contributed by atoms with Gasteiger partial charge in [0.2, 0.25) is 0 Å². The van der Waals surface area contributed by atoms with Gasteiger partial charge >= 0.3 is 0 Å². The van der Waals surface area contributed by atoms with E-state index in [1.807, 2.05) is 50.2 Å². The molecule has 3 aromatic rings. The smallest absolute Gasteiger partial charge is 0.264 e. The van der Waals surface area contributed by atoms with E-state index in [2.05, 4.69) is 15.4 Å². The highest BCUT2D eigenvalue weighted by Crippen LogP contribution is 2.29. The lowest BCUT2D eigenvalue weighted by atomic mass is 10.0. The molecule has 1 amide bonds. The number of benzene rings is 3. The SMILES string of the molecule is COc1ccc(Cl)cc1C(=O)NCCc1ccc(-c2ccccc2)c(S(=O)(=O)NC(=S)NC(C)C)c1. The van der Waals surface area contributed by atoms with Gasteiger partial charge in [-0.1, -0.05) is 54.1 Å². The van der Waals surface area contributed by atoms with Crippen molar-refractivity contribution in [2.45, 2.75) is 31.2 Å². The van der Waals surface area contributed by atoms with Crippen molar-refractivity contribution in [1.82, 2.24) is 15.4 Å². The number of carbonyl (C=O) groups excluding carboxylic acids is 1. The van der Waals surface area contributed by atoms with Crippen molar-refractivity contribution in [3.63, 3.8) is 0 Å². The van der Waals surface area contributed by atoms with Crippen LogP contribution in [0, 0.1) is 0 Å². The van der Waals surface area contributed by atoms with Gasteiger partial charge in [-0.25, -0.2) is 8.42 Å². The van der Waals surface area contributed by atoms with E-state index in [-0.39, 0.29) is 28.5 Å². The fourth-order valence-corrected chi connectivity index (χ4v) is 5.47. The van der Waals surface area contributed by atoms with Gasteiger partial charge in [0.25, 0.3) is 15.9 Å². The second-order valence-corrected chi connectivity index (χ2v) is 10.8. The Labute approximate surface area is 222 Å². The lowest BCUT2D eigenvalue weighted by Crippen LogP contribution is -2.42. The van der Waals surface area contributed by atoms with Crippen LogP contribution < -0.4 is 20.1 Å². The summed E-state index contributed by atoms with van der Waals surface area (Å²) in [5.74, 6) is 0.0735. The predicted octanol–water partition coefficient (Wildman–Crippen LogP) is 4.55. The van der Waals surface area contributed by atoms with E-state index in [4.69, 9.17) is 28.6 Å². The molecular formula is C26H28ClN3O4S2. The van der Waals surface area contributed by atoms with E-state index >= 15 is 0 Å². The molecule has 0 saturated heterocycles. The highest BCUT2D eigenvalue weighted by Gasteiger charge is 2.22. The minimum Gasteiger partial charge on any atom is -0.496 e. The largest absolute Gasteiger partial charge is 0.496 e. The van der Waals surface area contributed by atoms with E-state index in [9.17, 15) is 13.2 Å². The van der Waals surface area contributed by atoms with Crippen molar-refractivity contribution >= 4 is 44.9 Å². The molecule has 0 aliphatic carbocycles. The summed E-state index contributed by atoms with van der Waals surface area (Å²) in [6.07, 6.45) is 0.404. The fraction of sp³-hybridized carbons (Fsp3) is 0.231. The number of hydrogen-bond donors (Lipinski definition) is 3. The van der Waals surface area contributed by atoms with E-state index in [1.165, 1.54) is 13.2 Å². The number of amides is 1. The van der Waals surface area contributed by atoms with Gasteiger partial charge in [0.1, 0.15) is 5.75 Å². The minimum atomic E-state index is -3.98. The van der Waals surface area contributed by atoms with Crippen LogP contribution in [0.4, 0.5) is 0 Å². The molecule has 0 atom stereocenters. The molecule has 0 unspecified atom stereocenters. The van der Waals surface area contributed by atoms with Crippen LogP contribution >= 0.6 is 23.8 Å².